The molecule has 1 N–H and O–H groups in total. The Kier molecular flexibility index (Phi) is 4.17. The maximum Gasteiger partial charge on any atom is 0.259 e. The van der Waals surface area contributed by atoms with Crippen LogP contribution in [0.1, 0.15) is 12.2 Å². The van der Waals surface area contributed by atoms with Gasteiger partial charge in [0, 0.05) is 20.1 Å². The van der Waals surface area contributed by atoms with Crippen molar-refractivity contribution in [2.75, 3.05) is 13.7 Å². The Morgan fingerprint density at radius 1 is 1.44 bits per heavy atom. The molecule has 2 aromatic rings. The number of aromatic hydroxyl groups is 1. The molecule has 0 fully saturated rings. The highest BCUT2D eigenvalue weighted by Gasteiger charge is 2.12. The number of hydrogen-bond acceptors (Lipinski definition) is 5. The van der Waals surface area contributed by atoms with E-state index in [0.717, 1.165) is 6.42 Å². The van der Waals surface area contributed by atoms with Gasteiger partial charge in [0.25, 0.3) is 5.89 Å². The molecule has 6 heteroatoms. The Morgan fingerprint density at radius 3 is 3.06 bits per heavy atom. The van der Waals surface area contributed by atoms with E-state index in [0.29, 0.717) is 35.3 Å². The molecule has 0 unspecified atom stereocenters. The van der Waals surface area contributed by atoms with E-state index in [4.69, 9.17) is 20.9 Å². The molecule has 0 amide bonds. The monoisotopic (exact) mass is 268 g/mol. The molecule has 1 aromatic heterocycles. The lowest BCUT2D eigenvalue weighted by Gasteiger charge is -1.98. The van der Waals surface area contributed by atoms with Gasteiger partial charge in [-0.2, -0.15) is 4.98 Å². The molecule has 5 nitrogen and oxygen atoms in total. The highest BCUT2D eigenvalue weighted by atomic mass is 35.5. The zero-order valence-electron chi connectivity index (χ0n) is 9.89. The summed E-state index contributed by atoms with van der Waals surface area (Å²) in [5.41, 5.74) is 0.530. The van der Waals surface area contributed by atoms with Crippen molar-refractivity contribution in [1.82, 2.24) is 10.1 Å². The van der Waals surface area contributed by atoms with Crippen LogP contribution in [0.3, 0.4) is 0 Å². The van der Waals surface area contributed by atoms with E-state index in [-0.39, 0.29) is 5.75 Å². The van der Waals surface area contributed by atoms with Crippen LogP contribution in [-0.4, -0.2) is 29.0 Å². The number of rotatable bonds is 5. The van der Waals surface area contributed by atoms with Crippen molar-refractivity contribution in [2.24, 2.45) is 0 Å². The largest absolute Gasteiger partial charge is 0.508 e. The third-order valence-corrected chi connectivity index (χ3v) is 2.73. The number of nitrogens with zero attached hydrogens (tertiary/aromatic N) is 2. The van der Waals surface area contributed by atoms with Crippen LogP contribution in [0.25, 0.3) is 11.5 Å². The molecule has 0 saturated heterocycles. The predicted molar refractivity (Wildman–Crippen MR) is 66.6 cm³/mol. The van der Waals surface area contributed by atoms with Crippen molar-refractivity contribution >= 4 is 11.6 Å². The predicted octanol–water partition coefficient (Wildman–Crippen LogP) is 2.67. The molecule has 0 atom stereocenters. The highest BCUT2D eigenvalue weighted by molar-refractivity contribution is 6.33. The summed E-state index contributed by atoms with van der Waals surface area (Å²) in [6, 6.07) is 4.58. The molecule has 18 heavy (non-hydrogen) atoms. The topological polar surface area (TPSA) is 68.4 Å². The van der Waals surface area contributed by atoms with Crippen LogP contribution in [0.5, 0.6) is 5.75 Å². The summed E-state index contributed by atoms with van der Waals surface area (Å²) in [4.78, 5) is 4.23. The van der Waals surface area contributed by atoms with Crippen LogP contribution < -0.4 is 0 Å². The second-order valence-electron chi connectivity index (χ2n) is 3.78. The summed E-state index contributed by atoms with van der Waals surface area (Å²) in [5.74, 6) is 1.01. The van der Waals surface area contributed by atoms with Gasteiger partial charge in [0.15, 0.2) is 5.82 Å². The minimum atomic E-state index is 0.105. The number of phenols is 1. The number of aromatic nitrogens is 2. The molecule has 1 heterocycles. The average Bonchev–Trinajstić information content (AvgIpc) is 2.81. The standard InChI is InChI=1S/C12H13ClN2O3/c1-17-6-2-3-11-14-12(18-15-11)9-7-8(16)4-5-10(9)13/h4-5,7,16H,2-3,6H2,1H3. The smallest absolute Gasteiger partial charge is 0.259 e. The van der Waals surface area contributed by atoms with Crippen molar-refractivity contribution in [3.8, 4) is 17.2 Å². The highest BCUT2D eigenvalue weighted by Crippen LogP contribution is 2.29. The van der Waals surface area contributed by atoms with Crippen molar-refractivity contribution in [2.45, 2.75) is 12.8 Å². The maximum atomic E-state index is 9.41. The number of benzene rings is 1. The maximum absolute atomic E-state index is 9.41. The summed E-state index contributed by atoms with van der Waals surface area (Å²) in [5, 5.41) is 13.7. The van der Waals surface area contributed by atoms with Gasteiger partial charge >= 0.3 is 0 Å². The SMILES string of the molecule is COCCCc1noc(-c2cc(O)ccc2Cl)n1. The fourth-order valence-corrected chi connectivity index (χ4v) is 1.72. The van der Waals surface area contributed by atoms with Gasteiger partial charge in [0.1, 0.15) is 5.75 Å². The minimum absolute atomic E-state index is 0.105. The first-order valence-corrected chi connectivity index (χ1v) is 5.89. The van der Waals surface area contributed by atoms with Crippen LogP contribution in [0, 0.1) is 0 Å². The number of phenolic OH excluding ortho intramolecular Hbond substituents is 1. The van der Waals surface area contributed by atoms with Gasteiger partial charge in [-0.25, -0.2) is 0 Å². The number of ether oxygens (including phenoxy) is 1. The van der Waals surface area contributed by atoms with Crippen LogP contribution in [0.2, 0.25) is 5.02 Å². The van der Waals surface area contributed by atoms with Crippen molar-refractivity contribution in [1.29, 1.82) is 0 Å². The van der Waals surface area contributed by atoms with Crippen LogP contribution >= 0.6 is 11.6 Å². The molecule has 0 bridgehead atoms. The van der Waals surface area contributed by atoms with Gasteiger partial charge in [-0.3, -0.25) is 0 Å². The molecule has 0 radical (unpaired) electrons. The van der Waals surface area contributed by atoms with E-state index in [2.05, 4.69) is 10.1 Å². The zero-order chi connectivity index (χ0) is 13.0. The van der Waals surface area contributed by atoms with E-state index in [9.17, 15) is 5.11 Å². The number of aryl methyl sites for hydroxylation is 1. The fourth-order valence-electron chi connectivity index (χ4n) is 1.52. The average molecular weight is 269 g/mol. The van der Waals surface area contributed by atoms with Crippen LogP contribution in [0.15, 0.2) is 22.7 Å². The molecule has 1 aromatic carbocycles. The zero-order valence-corrected chi connectivity index (χ0v) is 10.6. The van der Waals surface area contributed by atoms with E-state index in [1.54, 1.807) is 13.2 Å². The fraction of sp³-hybridized carbons (Fsp3) is 0.333. The van der Waals surface area contributed by atoms with Gasteiger partial charge < -0.3 is 14.4 Å². The second-order valence-corrected chi connectivity index (χ2v) is 4.18. The molecule has 0 aliphatic heterocycles. The Hall–Kier alpha value is -1.59. The summed E-state index contributed by atoms with van der Waals surface area (Å²) in [6.45, 7) is 0.650. The molecular weight excluding hydrogens is 256 g/mol. The van der Waals surface area contributed by atoms with Gasteiger partial charge in [-0.05, 0) is 24.6 Å². The van der Waals surface area contributed by atoms with Gasteiger partial charge in [0.05, 0.1) is 10.6 Å². The minimum Gasteiger partial charge on any atom is -0.508 e. The lowest BCUT2D eigenvalue weighted by molar-refractivity contribution is 0.194. The van der Waals surface area contributed by atoms with Crippen molar-refractivity contribution < 1.29 is 14.4 Å². The Morgan fingerprint density at radius 2 is 2.28 bits per heavy atom. The molecule has 2 rings (SSSR count). The first-order chi connectivity index (χ1) is 8.70. The second kappa shape index (κ2) is 5.84. The summed E-state index contributed by atoms with van der Waals surface area (Å²) >= 11 is 6.01. The van der Waals surface area contributed by atoms with Crippen molar-refractivity contribution in [3.05, 3.63) is 29.0 Å². The molecule has 0 spiro atoms. The van der Waals surface area contributed by atoms with Crippen molar-refractivity contribution in [3.63, 3.8) is 0 Å². The number of halogens is 1. The Balaban J connectivity index is 2.16. The van der Waals surface area contributed by atoms with Crippen LogP contribution in [-0.2, 0) is 11.2 Å². The molecule has 96 valence electrons. The third kappa shape index (κ3) is 3.00. The number of hydrogen-bond donors (Lipinski definition) is 1. The summed E-state index contributed by atoms with van der Waals surface area (Å²) < 4.78 is 10.1. The Bertz CT molecular complexity index is 528. The van der Waals surface area contributed by atoms with E-state index < -0.39 is 0 Å². The first-order valence-electron chi connectivity index (χ1n) is 5.51. The normalized spacial score (nSPS) is 10.8. The first kappa shape index (κ1) is 12.9. The lowest BCUT2D eigenvalue weighted by Crippen LogP contribution is -1.94. The van der Waals surface area contributed by atoms with E-state index in [1.807, 2.05) is 0 Å². The molecule has 0 saturated carbocycles. The van der Waals surface area contributed by atoms with Gasteiger partial charge in [0.2, 0.25) is 0 Å². The van der Waals surface area contributed by atoms with E-state index >= 15 is 0 Å². The molecular formula is C12H13ClN2O3. The third-order valence-electron chi connectivity index (χ3n) is 2.40. The van der Waals surface area contributed by atoms with Gasteiger partial charge in [-0.15, -0.1) is 0 Å². The lowest BCUT2D eigenvalue weighted by atomic mass is 10.2. The summed E-state index contributed by atoms with van der Waals surface area (Å²) in [7, 11) is 1.65. The molecule has 0 aliphatic carbocycles. The number of methoxy groups -OCH3 is 1. The van der Waals surface area contributed by atoms with E-state index in [1.165, 1.54) is 12.1 Å². The Labute approximate surface area is 109 Å². The van der Waals surface area contributed by atoms with Crippen LogP contribution in [0.4, 0.5) is 0 Å². The summed E-state index contributed by atoms with van der Waals surface area (Å²) in [6.07, 6.45) is 1.50. The molecule has 0 aliphatic rings. The van der Waals surface area contributed by atoms with Gasteiger partial charge in [-0.1, -0.05) is 16.8 Å². The quantitative estimate of drug-likeness (QED) is 0.845.